The van der Waals surface area contributed by atoms with E-state index in [4.69, 9.17) is 25.8 Å². The van der Waals surface area contributed by atoms with Gasteiger partial charge in [-0.2, -0.15) is 0 Å². The molecule has 0 unspecified atom stereocenters. The van der Waals surface area contributed by atoms with Gasteiger partial charge in [0.15, 0.2) is 12.1 Å². The van der Waals surface area contributed by atoms with Gasteiger partial charge in [0.1, 0.15) is 5.75 Å². The van der Waals surface area contributed by atoms with Crippen LogP contribution in [0.3, 0.4) is 0 Å². The smallest absolute Gasteiger partial charge is 0.168 e. The Morgan fingerprint density at radius 3 is 2.60 bits per heavy atom. The van der Waals surface area contributed by atoms with Gasteiger partial charge < -0.3 is 14.2 Å². The van der Waals surface area contributed by atoms with Gasteiger partial charge in [-0.1, -0.05) is 11.6 Å². The van der Waals surface area contributed by atoms with Gasteiger partial charge in [0, 0.05) is 17.9 Å². The molecule has 108 valence electrons. The maximum atomic E-state index is 11.0. The van der Waals surface area contributed by atoms with Crippen molar-refractivity contribution < 1.29 is 19.0 Å². The average Bonchev–Trinajstić information content (AvgIpc) is 2.92. The minimum atomic E-state index is -0.382. The average molecular weight is 297 g/mol. The van der Waals surface area contributed by atoms with E-state index >= 15 is 0 Å². The summed E-state index contributed by atoms with van der Waals surface area (Å²) in [6.45, 7) is 1.36. The van der Waals surface area contributed by atoms with E-state index in [1.54, 1.807) is 18.2 Å². The topological polar surface area (TPSA) is 44.8 Å². The molecule has 1 spiro atoms. The molecule has 0 radical (unpaired) electrons. The van der Waals surface area contributed by atoms with Crippen LogP contribution in [0.2, 0.25) is 5.02 Å². The van der Waals surface area contributed by atoms with Crippen LogP contribution in [0, 0.1) is 0 Å². The minimum Gasteiger partial charge on any atom is -0.490 e. The molecule has 20 heavy (non-hydrogen) atoms. The van der Waals surface area contributed by atoms with Gasteiger partial charge >= 0.3 is 0 Å². The first-order valence-electron chi connectivity index (χ1n) is 6.90. The fourth-order valence-corrected chi connectivity index (χ4v) is 3.01. The quantitative estimate of drug-likeness (QED) is 0.803. The second kappa shape index (κ2) is 5.72. The van der Waals surface area contributed by atoms with Crippen molar-refractivity contribution in [3.05, 3.63) is 28.8 Å². The molecule has 0 amide bonds. The first kappa shape index (κ1) is 13.9. The molecule has 1 aromatic rings. The molecule has 4 nitrogen and oxygen atoms in total. The van der Waals surface area contributed by atoms with Crippen molar-refractivity contribution in [1.29, 1.82) is 0 Å². The van der Waals surface area contributed by atoms with Gasteiger partial charge in [0.25, 0.3) is 0 Å². The highest BCUT2D eigenvalue weighted by molar-refractivity contribution is 6.30. The number of halogens is 1. The SMILES string of the molecule is O=Cc1cc(Cl)ccc1OC1CCC2(CC1)OCCO2. The predicted molar refractivity (Wildman–Crippen MR) is 74.4 cm³/mol. The van der Waals surface area contributed by atoms with Crippen LogP contribution in [0.25, 0.3) is 0 Å². The highest BCUT2D eigenvalue weighted by Crippen LogP contribution is 2.37. The van der Waals surface area contributed by atoms with Crippen LogP contribution in [-0.2, 0) is 9.47 Å². The Bertz CT molecular complexity index is 487. The van der Waals surface area contributed by atoms with Crippen molar-refractivity contribution >= 4 is 17.9 Å². The van der Waals surface area contributed by atoms with Gasteiger partial charge in [-0.25, -0.2) is 0 Å². The number of carbonyl (C=O) groups is 1. The monoisotopic (exact) mass is 296 g/mol. The highest BCUT2D eigenvalue weighted by atomic mass is 35.5. The lowest BCUT2D eigenvalue weighted by molar-refractivity contribution is -0.186. The first-order valence-corrected chi connectivity index (χ1v) is 7.28. The second-order valence-corrected chi connectivity index (χ2v) is 5.66. The number of benzene rings is 1. The van der Waals surface area contributed by atoms with Gasteiger partial charge in [-0.05, 0) is 31.0 Å². The maximum absolute atomic E-state index is 11.0. The number of carbonyl (C=O) groups excluding carboxylic acids is 1. The van der Waals surface area contributed by atoms with Gasteiger partial charge in [0.05, 0.1) is 24.9 Å². The summed E-state index contributed by atoms with van der Waals surface area (Å²) in [5.41, 5.74) is 0.492. The first-order chi connectivity index (χ1) is 9.71. The van der Waals surface area contributed by atoms with E-state index in [1.807, 2.05) is 0 Å². The van der Waals surface area contributed by atoms with Crippen molar-refractivity contribution in [2.75, 3.05) is 13.2 Å². The summed E-state index contributed by atoms with van der Waals surface area (Å²) < 4.78 is 17.3. The molecule has 2 fully saturated rings. The van der Waals surface area contributed by atoms with Gasteiger partial charge in [0.2, 0.25) is 0 Å². The Morgan fingerprint density at radius 2 is 1.95 bits per heavy atom. The lowest BCUT2D eigenvalue weighted by atomic mass is 9.91. The third kappa shape index (κ3) is 2.82. The Hall–Kier alpha value is -1.10. The Morgan fingerprint density at radius 1 is 1.25 bits per heavy atom. The van der Waals surface area contributed by atoms with Crippen LogP contribution in [0.5, 0.6) is 5.75 Å². The molecule has 1 heterocycles. The molecular formula is C15H17ClO4. The molecule has 0 N–H and O–H groups in total. The van der Waals surface area contributed by atoms with E-state index < -0.39 is 0 Å². The van der Waals surface area contributed by atoms with Crippen LogP contribution >= 0.6 is 11.6 Å². The number of ether oxygens (including phenoxy) is 3. The third-order valence-corrected chi connectivity index (χ3v) is 4.14. The lowest BCUT2D eigenvalue weighted by Crippen LogP contribution is -2.38. The molecule has 1 saturated carbocycles. The van der Waals surface area contributed by atoms with Crippen molar-refractivity contribution in [1.82, 2.24) is 0 Å². The molecule has 3 rings (SSSR count). The number of hydrogen-bond acceptors (Lipinski definition) is 4. The van der Waals surface area contributed by atoms with Crippen LogP contribution < -0.4 is 4.74 Å². The van der Waals surface area contributed by atoms with E-state index in [0.29, 0.717) is 29.5 Å². The summed E-state index contributed by atoms with van der Waals surface area (Å²) in [7, 11) is 0. The normalized spacial score (nSPS) is 22.1. The zero-order valence-corrected chi connectivity index (χ0v) is 11.9. The summed E-state index contributed by atoms with van der Waals surface area (Å²) >= 11 is 5.87. The van der Waals surface area contributed by atoms with E-state index in [2.05, 4.69) is 0 Å². The van der Waals surface area contributed by atoms with Gasteiger partial charge in [-0.3, -0.25) is 4.79 Å². The Kier molecular flexibility index (Phi) is 3.96. The number of hydrogen-bond donors (Lipinski definition) is 0. The maximum Gasteiger partial charge on any atom is 0.168 e. The van der Waals surface area contributed by atoms with E-state index in [0.717, 1.165) is 32.0 Å². The summed E-state index contributed by atoms with van der Waals surface area (Å²) in [5, 5.41) is 0.537. The zero-order chi connectivity index (χ0) is 14.0. The van der Waals surface area contributed by atoms with Crippen LogP contribution in [0.15, 0.2) is 18.2 Å². The van der Waals surface area contributed by atoms with Crippen LogP contribution in [-0.4, -0.2) is 31.4 Å². The summed E-state index contributed by atoms with van der Waals surface area (Å²) in [5.74, 6) is 0.214. The second-order valence-electron chi connectivity index (χ2n) is 5.22. The molecule has 0 bridgehead atoms. The molecular weight excluding hydrogens is 280 g/mol. The highest BCUT2D eigenvalue weighted by Gasteiger charge is 2.40. The van der Waals surface area contributed by atoms with E-state index in [1.165, 1.54) is 0 Å². The van der Waals surface area contributed by atoms with Crippen molar-refractivity contribution in [3.8, 4) is 5.75 Å². The summed E-state index contributed by atoms with van der Waals surface area (Å²) in [4.78, 5) is 11.0. The Balaban J connectivity index is 1.63. The standard InChI is InChI=1S/C15H17ClO4/c16-12-1-2-14(11(9-12)10-17)20-13-3-5-15(6-4-13)18-7-8-19-15/h1-2,9-10,13H,3-8H2. The molecule has 1 saturated heterocycles. The van der Waals surface area contributed by atoms with Crippen LogP contribution in [0.1, 0.15) is 36.0 Å². The Labute approximate surface area is 123 Å². The molecule has 1 aliphatic carbocycles. The van der Waals surface area contributed by atoms with Crippen molar-refractivity contribution in [2.45, 2.75) is 37.6 Å². The fourth-order valence-electron chi connectivity index (χ4n) is 2.83. The van der Waals surface area contributed by atoms with E-state index in [9.17, 15) is 4.79 Å². The summed E-state index contributed by atoms with van der Waals surface area (Å²) in [6, 6.07) is 5.10. The minimum absolute atomic E-state index is 0.0910. The molecule has 5 heteroatoms. The van der Waals surface area contributed by atoms with Gasteiger partial charge in [-0.15, -0.1) is 0 Å². The van der Waals surface area contributed by atoms with Crippen molar-refractivity contribution in [2.24, 2.45) is 0 Å². The zero-order valence-electron chi connectivity index (χ0n) is 11.1. The summed E-state index contributed by atoms with van der Waals surface area (Å²) in [6.07, 6.45) is 4.26. The van der Waals surface area contributed by atoms with E-state index in [-0.39, 0.29) is 11.9 Å². The molecule has 0 aromatic heterocycles. The van der Waals surface area contributed by atoms with Crippen LogP contribution in [0.4, 0.5) is 0 Å². The number of rotatable bonds is 3. The molecule has 1 aliphatic heterocycles. The molecule has 2 aliphatic rings. The molecule has 1 aromatic carbocycles. The number of aldehydes is 1. The third-order valence-electron chi connectivity index (χ3n) is 3.90. The largest absolute Gasteiger partial charge is 0.490 e. The van der Waals surface area contributed by atoms with Crippen molar-refractivity contribution in [3.63, 3.8) is 0 Å². The fraction of sp³-hybridized carbons (Fsp3) is 0.533. The predicted octanol–water partition coefficient (Wildman–Crippen LogP) is 3.22. The lowest BCUT2D eigenvalue weighted by Gasteiger charge is -2.35. The molecule has 0 atom stereocenters.